The van der Waals surface area contributed by atoms with Crippen molar-refractivity contribution in [3.05, 3.63) is 69.6 Å². The van der Waals surface area contributed by atoms with E-state index in [-0.39, 0.29) is 29.5 Å². The Morgan fingerprint density at radius 1 is 1.06 bits per heavy atom. The molecule has 0 saturated heterocycles. The molecular weight excluding hydrogens is 548 g/mol. The highest BCUT2D eigenvalue weighted by molar-refractivity contribution is 7.07. The Balaban J connectivity index is 0.00000432. The second-order valence-corrected chi connectivity index (χ2v) is 9.50. The molecule has 0 atom stereocenters. The van der Waals surface area contributed by atoms with Crippen LogP contribution in [-0.2, 0) is 11.3 Å². The van der Waals surface area contributed by atoms with Crippen molar-refractivity contribution < 1.29 is 35.8 Å². The van der Waals surface area contributed by atoms with Gasteiger partial charge in [-0.3, -0.25) is 4.79 Å². The second kappa shape index (κ2) is 15.8. The molecule has 0 saturated carbocycles. The number of ether oxygens (including phenoxy) is 2. The fraction of sp³-hybridized carbons (Fsp3) is 0.407. The van der Waals surface area contributed by atoms with Crippen molar-refractivity contribution in [2.45, 2.75) is 58.9 Å². The fourth-order valence-corrected chi connectivity index (χ4v) is 4.56. The van der Waals surface area contributed by atoms with Gasteiger partial charge in [-0.05, 0) is 30.7 Å². The van der Waals surface area contributed by atoms with E-state index < -0.39 is 0 Å². The normalized spacial score (nSPS) is 10.5. The third-order valence-corrected chi connectivity index (χ3v) is 6.62. The highest BCUT2D eigenvalue weighted by atomic mass is 79.9. The topological polar surface area (TPSA) is 51.4 Å². The van der Waals surface area contributed by atoms with E-state index in [0.29, 0.717) is 23.1 Å². The Kier molecular flexibility index (Phi) is 13.2. The van der Waals surface area contributed by atoms with Crippen molar-refractivity contribution in [2.75, 3.05) is 18.5 Å². The molecule has 3 aromatic rings. The van der Waals surface area contributed by atoms with Gasteiger partial charge in [-0.15, -0.1) is 0 Å². The minimum Gasteiger partial charge on any atom is -1.00 e. The number of benzene rings is 2. The summed E-state index contributed by atoms with van der Waals surface area (Å²) in [6.07, 6.45) is 7.28. The first-order valence-electron chi connectivity index (χ1n) is 11.9. The zero-order valence-corrected chi connectivity index (χ0v) is 23.6. The summed E-state index contributed by atoms with van der Waals surface area (Å²) in [6.45, 7) is 5.62. The number of anilines is 1. The van der Waals surface area contributed by atoms with Crippen LogP contribution in [0.5, 0.6) is 11.5 Å². The molecule has 0 aliphatic rings. The Morgan fingerprint density at radius 3 is 2.60 bits per heavy atom. The van der Waals surface area contributed by atoms with Gasteiger partial charge in [0.1, 0.15) is 11.5 Å². The van der Waals surface area contributed by atoms with Crippen LogP contribution in [0, 0.1) is 6.92 Å². The number of thiazole rings is 1. The number of hydrogen-bond donors (Lipinski definition) is 1. The monoisotopic (exact) mass is 580 g/mol. The van der Waals surface area contributed by atoms with Gasteiger partial charge >= 0.3 is 0 Å². The molecule has 3 rings (SSSR count). The van der Waals surface area contributed by atoms with Crippen LogP contribution in [0.1, 0.15) is 56.7 Å². The predicted octanol–water partition coefficient (Wildman–Crippen LogP) is 3.81. The van der Waals surface area contributed by atoms with Crippen molar-refractivity contribution in [1.29, 1.82) is 0 Å². The molecule has 0 radical (unpaired) electrons. The molecule has 1 N–H and O–H groups in total. The molecule has 190 valence electrons. The average molecular weight is 582 g/mol. The van der Waals surface area contributed by atoms with Gasteiger partial charge in [0.2, 0.25) is 5.51 Å². The summed E-state index contributed by atoms with van der Waals surface area (Å²) in [5.74, 6) is 0.948. The number of amides is 1. The maximum absolute atomic E-state index is 12.4. The largest absolute Gasteiger partial charge is 1.00 e. The van der Waals surface area contributed by atoms with Crippen LogP contribution in [0.15, 0.2) is 53.4 Å². The first kappa shape index (κ1) is 29.1. The van der Waals surface area contributed by atoms with E-state index in [1.807, 2.05) is 24.3 Å². The SMILES string of the molecule is CCCCCCCCOc1ccc(OCC(=O)Nc2cccc(C[n+]3cscc3C)c2)cc1Cl.[Br-]. The number of rotatable bonds is 14. The van der Waals surface area contributed by atoms with E-state index in [2.05, 4.69) is 34.6 Å². The Bertz CT molecular complexity index is 1060. The summed E-state index contributed by atoms with van der Waals surface area (Å²) in [4.78, 5) is 12.4. The van der Waals surface area contributed by atoms with E-state index in [9.17, 15) is 4.79 Å². The van der Waals surface area contributed by atoms with Crippen LogP contribution in [0.2, 0.25) is 5.02 Å². The third-order valence-electron chi connectivity index (χ3n) is 5.47. The lowest BCUT2D eigenvalue weighted by Gasteiger charge is -2.11. The first-order valence-corrected chi connectivity index (χ1v) is 13.2. The van der Waals surface area contributed by atoms with Gasteiger partial charge in [-0.2, -0.15) is 4.57 Å². The Labute approximate surface area is 228 Å². The molecule has 0 spiro atoms. The molecular formula is C27H34BrClN2O3S. The van der Waals surface area contributed by atoms with Crippen LogP contribution in [0.25, 0.3) is 0 Å². The van der Waals surface area contributed by atoms with E-state index in [1.165, 1.54) is 37.8 Å². The van der Waals surface area contributed by atoms with Gasteiger partial charge in [0.25, 0.3) is 5.91 Å². The quantitative estimate of drug-likeness (QED) is 0.233. The molecule has 5 nitrogen and oxygen atoms in total. The molecule has 35 heavy (non-hydrogen) atoms. The number of nitrogens with one attached hydrogen (secondary N) is 1. The number of halogens is 2. The molecule has 1 aromatic heterocycles. The second-order valence-electron chi connectivity index (χ2n) is 8.37. The molecule has 0 unspecified atom stereocenters. The average Bonchev–Trinajstić information content (AvgIpc) is 3.22. The third kappa shape index (κ3) is 10.2. The van der Waals surface area contributed by atoms with Crippen LogP contribution in [0.4, 0.5) is 5.69 Å². The van der Waals surface area contributed by atoms with E-state index in [4.69, 9.17) is 21.1 Å². The van der Waals surface area contributed by atoms with Crippen LogP contribution >= 0.6 is 22.9 Å². The van der Waals surface area contributed by atoms with Crippen molar-refractivity contribution in [2.24, 2.45) is 0 Å². The van der Waals surface area contributed by atoms with Gasteiger partial charge in [-0.1, -0.05) is 74.1 Å². The Morgan fingerprint density at radius 2 is 1.86 bits per heavy atom. The zero-order chi connectivity index (χ0) is 24.2. The Hall–Kier alpha value is -2.09. The van der Waals surface area contributed by atoms with Gasteiger partial charge in [-0.25, -0.2) is 0 Å². The van der Waals surface area contributed by atoms with Crippen molar-refractivity contribution in [3.63, 3.8) is 0 Å². The molecule has 0 fully saturated rings. The number of aromatic nitrogens is 1. The lowest BCUT2D eigenvalue weighted by Crippen LogP contribution is -3.00. The standard InChI is InChI=1S/C27H33ClN2O3S.BrH/c1-3-4-5-6-7-8-14-32-26-13-12-24(16-25(26)28)33-18-27(31)29-23-11-9-10-22(15-23)17-30-20-34-19-21(30)2;/h9-13,15-16,19-20H,3-8,14,17-18H2,1-2H3;1H. The van der Waals surface area contributed by atoms with Gasteiger partial charge in [0.05, 0.1) is 17.0 Å². The molecule has 8 heteroatoms. The minimum absolute atomic E-state index is 0. The van der Waals surface area contributed by atoms with E-state index >= 15 is 0 Å². The predicted molar refractivity (Wildman–Crippen MR) is 139 cm³/mol. The fourth-order valence-electron chi connectivity index (χ4n) is 3.56. The van der Waals surface area contributed by atoms with E-state index in [1.54, 1.807) is 29.5 Å². The van der Waals surface area contributed by atoms with Crippen molar-refractivity contribution in [1.82, 2.24) is 0 Å². The summed E-state index contributed by atoms with van der Waals surface area (Å²) in [7, 11) is 0. The highest BCUT2D eigenvalue weighted by Gasteiger charge is 2.10. The minimum atomic E-state index is -0.226. The smallest absolute Gasteiger partial charge is 0.262 e. The van der Waals surface area contributed by atoms with Crippen molar-refractivity contribution >= 4 is 34.5 Å². The summed E-state index contributed by atoms with van der Waals surface area (Å²) in [5, 5.41) is 5.50. The highest BCUT2D eigenvalue weighted by Crippen LogP contribution is 2.29. The van der Waals surface area contributed by atoms with Crippen molar-refractivity contribution in [3.8, 4) is 11.5 Å². The molecule has 0 aliphatic carbocycles. The maximum atomic E-state index is 12.4. The zero-order valence-electron chi connectivity index (χ0n) is 20.4. The summed E-state index contributed by atoms with van der Waals surface area (Å²) >= 11 is 8.01. The molecule has 0 bridgehead atoms. The molecule has 0 aliphatic heterocycles. The number of carbonyl (C=O) groups is 1. The van der Waals surface area contributed by atoms with Gasteiger partial charge < -0.3 is 31.8 Å². The maximum Gasteiger partial charge on any atom is 0.262 e. The summed E-state index contributed by atoms with van der Waals surface area (Å²) in [6, 6.07) is 13.1. The molecule has 2 aromatic carbocycles. The van der Waals surface area contributed by atoms with Crippen LogP contribution in [0.3, 0.4) is 0 Å². The van der Waals surface area contributed by atoms with Crippen LogP contribution < -0.4 is 36.3 Å². The van der Waals surface area contributed by atoms with E-state index in [0.717, 1.165) is 24.2 Å². The lowest BCUT2D eigenvalue weighted by atomic mass is 10.1. The number of unbranched alkanes of at least 4 members (excludes halogenated alkanes) is 5. The van der Waals surface area contributed by atoms with Gasteiger partial charge in [0.15, 0.2) is 18.8 Å². The number of hydrogen-bond acceptors (Lipinski definition) is 4. The van der Waals surface area contributed by atoms with Gasteiger partial charge in [0, 0.05) is 24.2 Å². The first-order chi connectivity index (χ1) is 16.5. The summed E-state index contributed by atoms with van der Waals surface area (Å²) < 4.78 is 13.6. The number of aryl methyl sites for hydroxylation is 1. The summed E-state index contributed by atoms with van der Waals surface area (Å²) in [5.41, 5.74) is 5.17. The molecule has 1 amide bonds. The lowest BCUT2D eigenvalue weighted by molar-refractivity contribution is -0.689. The number of carbonyl (C=O) groups excluding carboxylic acids is 1. The number of nitrogens with zero attached hydrogens (tertiary/aromatic N) is 1. The molecule has 1 heterocycles. The van der Waals surface area contributed by atoms with Crippen LogP contribution in [-0.4, -0.2) is 19.1 Å².